The third-order valence-electron chi connectivity index (χ3n) is 3.78. The van der Waals surface area contributed by atoms with E-state index in [1.165, 1.54) is 25.8 Å². The lowest BCUT2D eigenvalue weighted by molar-refractivity contribution is 0.193. The average molecular weight is 248 g/mol. The second-order valence-corrected chi connectivity index (χ2v) is 4.94. The Labute approximate surface area is 110 Å². The first-order valence-electron chi connectivity index (χ1n) is 6.99. The summed E-state index contributed by atoms with van der Waals surface area (Å²) in [4.78, 5) is 2.55. The standard InChI is InChI=1S/C15H24N2O/c1-2-14-4-3-9-17(14)10-11-18-15-7-5-13(12-16)6-8-15/h5-8,14H,2-4,9-12,16H2,1H3. The molecular formula is C15H24N2O. The summed E-state index contributed by atoms with van der Waals surface area (Å²) in [6.07, 6.45) is 3.94. The van der Waals surface area contributed by atoms with Crippen LogP contribution < -0.4 is 10.5 Å². The van der Waals surface area contributed by atoms with Crippen LogP contribution in [0.3, 0.4) is 0 Å². The van der Waals surface area contributed by atoms with Gasteiger partial charge in [-0.3, -0.25) is 4.90 Å². The maximum atomic E-state index is 5.78. The summed E-state index contributed by atoms with van der Waals surface area (Å²) in [6.45, 7) is 5.91. The highest BCUT2D eigenvalue weighted by Gasteiger charge is 2.21. The molecule has 1 aromatic carbocycles. The number of rotatable bonds is 6. The number of nitrogens with two attached hydrogens (primary N) is 1. The van der Waals surface area contributed by atoms with Gasteiger partial charge in [-0.15, -0.1) is 0 Å². The summed E-state index contributed by atoms with van der Waals surface area (Å²) in [5.41, 5.74) is 6.71. The van der Waals surface area contributed by atoms with Crippen LogP contribution in [0.1, 0.15) is 31.7 Å². The number of likely N-dealkylation sites (tertiary alicyclic amines) is 1. The van der Waals surface area contributed by atoms with Crippen LogP contribution >= 0.6 is 0 Å². The van der Waals surface area contributed by atoms with Gasteiger partial charge < -0.3 is 10.5 Å². The van der Waals surface area contributed by atoms with E-state index >= 15 is 0 Å². The maximum Gasteiger partial charge on any atom is 0.119 e. The highest BCUT2D eigenvalue weighted by atomic mass is 16.5. The van der Waals surface area contributed by atoms with Crippen LogP contribution in [0.5, 0.6) is 5.75 Å². The zero-order valence-electron chi connectivity index (χ0n) is 11.3. The van der Waals surface area contributed by atoms with E-state index in [-0.39, 0.29) is 0 Å². The van der Waals surface area contributed by atoms with Crippen molar-refractivity contribution in [3.05, 3.63) is 29.8 Å². The molecule has 1 aliphatic heterocycles. The summed E-state index contributed by atoms with van der Waals surface area (Å²) in [7, 11) is 0. The number of ether oxygens (including phenoxy) is 1. The van der Waals surface area contributed by atoms with Gasteiger partial charge in [-0.2, -0.15) is 0 Å². The minimum atomic E-state index is 0.590. The van der Waals surface area contributed by atoms with Crippen LogP contribution in [0.15, 0.2) is 24.3 Å². The van der Waals surface area contributed by atoms with Crippen LogP contribution in [-0.4, -0.2) is 30.6 Å². The molecule has 1 atom stereocenters. The summed E-state index contributed by atoms with van der Waals surface area (Å²) >= 11 is 0. The molecule has 1 fully saturated rings. The lowest BCUT2D eigenvalue weighted by Gasteiger charge is -2.23. The Morgan fingerprint density at radius 3 is 2.78 bits per heavy atom. The fourth-order valence-corrected chi connectivity index (χ4v) is 2.65. The predicted molar refractivity (Wildman–Crippen MR) is 74.7 cm³/mol. The molecule has 2 N–H and O–H groups in total. The molecule has 1 aliphatic rings. The minimum absolute atomic E-state index is 0.590. The van der Waals surface area contributed by atoms with Gasteiger partial charge in [0.1, 0.15) is 12.4 Å². The molecule has 0 amide bonds. The molecule has 1 unspecified atom stereocenters. The van der Waals surface area contributed by atoms with Crippen LogP contribution in [-0.2, 0) is 6.54 Å². The molecule has 0 saturated carbocycles. The minimum Gasteiger partial charge on any atom is -0.492 e. The Balaban J connectivity index is 1.74. The van der Waals surface area contributed by atoms with E-state index in [0.717, 1.165) is 30.5 Å². The second kappa shape index (κ2) is 6.76. The predicted octanol–water partition coefficient (Wildman–Crippen LogP) is 2.40. The lowest BCUT2D eigenvalue weighted by atomic mass is 10.2. The molecule has 0 bridgehead atoms. The molecule has 2 rings (SSSR count). The molecule has 3 heteroatoms. The number of hydrogen-bond donors (Lipinski definition) is 1. The van der Waals surface area contributed by atoms with Gasteiger partial charge in [0, 0.05) is 19.1 Å². The monoisotopic (exact) mass is 248 g/mol. The number of benzene rings is 1. The zero-order valence-corrected chi connectivity index (χ0v) is 11.3. The molecule has 3 nitrogen and oxygen atoms in total. The Kier molecular flexibility index (Phi) is 5.02. The molecule has 100 valence electrons. The van der Waals surface area contributed by atoms with Gasteiger partial charge in [-0.05, 0) is 43.5 Å². The van der Waals surface area contributed by atoms with Gasteiger partial charge in [0.2, 0.25) is 0 Å². The van der Waals surface area contributed by atoms with E-state index in [1.54, 1.807) is 0 Å². The number of nitrogens with zero attached hydrogens (tertiary/aromatic N) is 1. The summed E-state index contributed by atoms with van der Waals surface area (Å²) in [5, 5.41) is 0. The summed E-state index contributed by atoms with van der Waals surface area (Å²) < 4.78 is 5.78. The van der Waals surface area contributed by atoms with Crippen molar-refractivity contribution >= 4 is 0 Å². The second-order valence-electron chi connectivity index (χ2n) is 4.94. The molecule has 0 aliphatic carbocycles. The van der Waals surface area contributed by atoms with Crippen molar-refractivity contribution in [2.24, 2.45) is 5.73 Å². The van der Waals surface area contributed by atoms with E-state index in [0.29, 0.717) is 6.54 Å². The van der Waals surface area contributed by atoms with E-state index < -0.39 is 0 Å². The number of hydrogen-bond acceptors (Lipinski definition) is 3. The fourth-order valence-electron chi connectivity index (χ4n) is 2.65. The van der Waals surface area contributed by atoms with Crippen molar-refractivity contribution < 1.29 is 4.74 Å². The topological polar surface area (TPSA) is 38.5 Å². The third kappa shape index (κ3) is 3.47. The first-order valence-corrected chi connectivity index (χ1v) is 6.99. The van der Waals surface area contributed by atoms with Crippen LogP contribution in [0.2, 0.25) is 0 Å². The van der Waals surface area contributed by atoms with E-state index in [4.69, 9.17) is 10.5 Å². The quantitative estimate of drug-likeness (QED) is 0.840. The Hall–Kier alpha value is -1.06. The molecule has 1 heterocycles. The van der Waals surface area contributed by atoms with Gasteiger partial charge >= 0.3 is 0 Å². The van der Waals surface area contributed by atoms with Crippen molar-refractivity contribution in [2.75, 3.05) is 19.7 Å². The molecule has 18 heavy (non-hydrogen) atoms. The normalized spacial score (nSPS) is 20.2. The van der Waals surface area contributed by atoms with Crippen molar-refractivity contribution in [2.45, 2.75) is 38.8 Å². The van der Waals surface area contributed by atoms with E-state index in [9.17, 15) is 0 Å². The van der Waals surface area contributed by atoms with E-state index in [1.807, 2.05) is 24.3 Å². The van der Waals surface area contributed by atoms with Crippen molar-refractivity contribution in [1.29, 1.82) is 0 Å². The van der Waals surface area contributed by atoms with Gasteiger partial charge in [-0.25, -0.2) is 0 Å². The van der Waals surface area contributed by atoms with E-state index in [2.05, 4.69) is 11.8 Å². The first kappa shape index (κ1) is 13.4. The fraction of sp³-hybridized carbons (Fsp3) is 0.600. The van der Waals surface area contributed by atoms with Gasteiger partial charge in [-0.1, -0.05) is 19.1 Å². The van der Waals surface area contributed by atoms with Crippen molar-refractivity contribution in [3.8, 4) is 5.75 Å². The molecule has 0 aromatic heterocycles. The highest BCUT2D eigenvalue weighted by Crippen LogP contribution is 2.19. The maximum absolute atomic E-state index is 5.78. The van der Waals surface area contributed by atoms with Crippen LogP contribution in [0.4, 0.5) is 0 Å². The van der Waals surface area contributed by atoms with Gasteiger partial charge in [0.25, 0.3) is 0 Å². The Bertz CT molecular complexity index is 350. The Morgan fingerprint density at radius 1 is 1.33 bits per heavy atom. The van der Waals surface area contributed by atoms with Gasteiger partial charge in [0.05, 0.1) is 0 Å². The van der Waals surface area contributed by atoms with Crippen molar-refractivity contribution in [3.63, 3.8) is 0 Å². The average Bonchev–Trinajstić information content (AvgIpc) is 2.87. The van der Waals surface area contributed by atoms with Crippen LogP contribution in [0, 0.1) is 0 Å². The van der Waals surface area contributed by atoms with Crippen LogP contribution in [0.25, 0.3) is 0 Å². The van der Waals surface area contributed by atoms with Gasteiger partial charge in [0.15, 0.2) is 0 Å². The van der Waals surface area contributed by atoms with Crippen molar-refractivity contribution in [1.82, 2.24) is 4.90 Å². The third-order valence-corrected chi connectivity index (χ3v) is 3.78. The molecule has 1 aromatic rings. The largest absolute Gasteiger partial charge is 0.492 e. The molecular weight excluding hydrogens is 224 g/mol. The molecule has 0 spiro atoms. The first-order chi connectivity index (χ1) is 8.83. The summed E-state index contributed by atoms with van der Waals surface area (Å²) in [6, 6.07) is 8.83. The smallest absolute Gasteiger partial charge is 0.119 e. The summed E-state index contributed by atoms with van der Waals surface area (Å²) in [5.74, 6) is 0.944. The zero-order chi connectivity index (χ0) is 12.8. The SMILES string of the molecule is CCC1CCCN1CCOc1ccc(CN)cc1. The molecule has 0 radical (unpaired) electrons. The molecule has 1 saturated heterocycles. The highest BCUT2D eigenvalue weighted by molar-refractivity contribution is 5.27. The Morgan fingerprint density at radius 2 is 2.11 bits per heavy atom. The lowest BCUT2D eigenvalue weighted by Crippen LogP contribution is -2.32.